The monoisotopic (exact) mass is 329 g/mol. The zero-order valence-corrected chi connectivity index (χ0v) is 13.7. The van der Waals surface area contributed by atoms with Gasteiger partial charge in [0.25, 0.3) is 0 Å². The van der Waals surface area contributed by atoms with Gasteiger partial charge in [-0.2, -0.15) is 0 Å². The zero-order chi connectivity index (χ0) is 13.1. The van der Waals surface area contributed by atoms with E-state index in [9.17, 15) is 0 Å². The van der Waals surface area contributed by atoms with E-state index in [-0.39, 0.29) is 24.8 Å². The Bertz CT molecular complexity index is 552. The minimum Gasteiger partial charge on any atom is -0.314 e. The predicted octanol–water partition coefficient (Wildman–Crippen LogP) is 1.82. The summed E-state index contributed by atoms with van der Waals surface area (Å²) in [6.45, 7) is 7.30. The summed E-state index contributed by atoms with van der Waals surface area (Å²) in [5.74, 6) is 0. The van der Waals surface area contributed by atoms with Crippen molar-refractivity contribution in [1.29, 1.82) is 0 Å². The number of aromatic nitrogens is 3. The number of nitrogens with zero attached hydrogens (tertiary/aromatic N) is 4. The summed E-state index contributed by atoms with van der Waals surface area (Å²) in [5.41, 5.74) is 3.48. The standard InChI is InChI=1S/C14H19N5.2ClH/c1-12-4-2-3-5-14(12)19-13(10-16-17-19)11-18-8-6-15-7-9-18;;/h2-5,10,15H,6-9,11H2,1H3;2*1H. The van der Waals surface area contributed by atoms with Crippen LogP contribution < -0.4 is 5.32 Å². The summed E-state index contributed by atoms with van der Waals surface area (Å²) in [4.78, 5) is 2.43. The van der Waals surface area contributed by atoms with Crippen LogP contribution in [-0.4, -0.2) is 46.1 Å². The molecule has 0 amide bonds. The molecule has 0 aliphatic carbocycles. The number of halogens is 2. The van der Waals surface area contributed by atoms with Gasteiger partial charge in [0.2, 0.25) is 0 Å². The van der Waals surface area contributed by atoms with E-state index in [1.807, 2.05) is 23.0 Å². The summed E-state index contributed by atoms with van der Waals surface area (Å²) in [6.07, 6.45) is 1.87. The van der Waals surface area contributed by atoms with Gasteiger partial charge in [0, 0.05) is 32.7 Å². The van der Waals surface area contributed by atoms with Crippen LogP contribution in [0.5, 0.6) is 0 Å². The second kappa shape index (κ2) is 8.34. The van der Waals surface area contributed by atoms with Crippen LogP contribution in [0.4, 0.5) is 0 Å². The fourth-order valence-corrected chi connectivity index (χ4v) is 2.47. The van der Waals surface area contributed by atoms with Crippen LogP contribution in [0.1, 0.15) is 11.3 Å². The van der Waals surface area contributed by atoms with Gasteiger partial charge in [0.15, 0.2) is 0 Å². The SMILES string of the molecule is Cc1ccccc1-n1nncc1CN1CCNCC1.Cl.Cl. The Hall–Kier alpha value is -1.14. The van der Waals surface area contributed by atoms with Gasteiger partial charge in [-0.1, -0.05) is 23.4 Å². The van der Waals surface area contributed by atoms with Crippen molar-refractivity contribution in [2.24, 2.45) is 0 Å². The van der Waals surface area contributed by atoms with E-state index < -0.39 is 0 Å². The summed E-state index contributed by atoms with van der Waals surface area (Å²) in [7, 11) is 0. The maximum absolute atomic E-state index is 4.24. The van der Waals surface area contributed by atoms with Gasteiger partial charge in [0.05, 0.1) is 17.6 Å². The minimum atomic E-state index is 0. The molecule has 0 saturated carbocycles. The largest absolute Gasteiger partial charge is 0.314 e. The molecule has 1 fully saturated rings. The van der Waals surface area contributed by atoms with E-state index in [1.54, 1.807) is 0 Å². The van der Waals surface area contributed by atoms with Gasteiger partial charge in [-0.05, 0) is 18.6 Å². The fraction of sp³-hybridized carbons (Fsp3) is 0.429. The molecule has 1 N–H and O–H groups in total. The maximum atomic E-state index is 4.24. The van der Waals surface area contributed by atoms with Crippen molar-refractivity contribution in [2.45, 2.75) is 13.5 Å². The van der Waals surface area contributed by atoms with E-state index >= 15 is 0 Å². The zero-order valence-electron chi connectivity index (χ0n) is 12.0. The van der Waals surface area contributed by atoms with Crippen molar-refractivity contribution in [3.63, 3.8) is 0 Å². The molecular weight excluding hydrogens is 309 g/mol. The van der Waals surface area contributed by atoms with Crippen LogP contribution >= 0.6 is 24.8 Å². The van der Waals surface area contributed by atoms with Gasteiger partial charge in [-0.25, -0.2) is 4.68 Å². The quantitative estimate of drug-likeness (QED) is 0.933. The van der Waals surface area contributed by atoms with Gasteiger partial charge < -0.3 is 5.32 Å². The van der Waals surface area contributed by atoms with Crippen LogP contribution in [0, 0.1) is 6.92 Å². The lowest BCUT2D eigenvalue weighted by Crippen LogP contribution is -2.43. The first-order valence-electron chi connectivity index (χ1n) is 6.73. The fourth-order valence-electron chi connectivity index (χ4n) is 2.47. The smallest absolute Gasteiger partial charge is 0.0786 e. The highest BCUT2D eigenvalue weighted by Gasteiger charge is 2.14. The highest BCUT2D eigenvalue weighted by atomic mass is 35.5. The molecule has 2 aromatic rings. The van der Waals surface area contributed by atoms with Crippen LogP contribution in [0.25, 0.3) is 5.69 Å². The number of rotatable bonds is 3. The third-order valence-electron chi connectivity index (χ3n) is 3.56. The minimum absolute atomic E-state index is 0. The second-order valence-corrected chi connectivity index (χ2v) is 4.95. The molecule has 1 saturated heterocycles. The molecular formula is C14H21Cl2N5. The number of hydrogen-bond donors (Lipinski definition) is 1. The Morgan fingerprint density at radius 1 is 1.14 bits per heavy atom. The Balaban J connectivity index is 0.00000110. The number of benzene rings is 1. The van der Waals surface area contributed by atoms with Crippen LogP contribution in [-0.2, 0) is 6.54 Å². The molecule has 1 aliphatic heterocycles. The van der Waals surface area contributed by atoms with E-state index in [0.29, 0.717) is 0 Å². The van der Waals surface area contributed by atoms with E-state index in [1.165, 1.54) is 5.56 Å². The molecule has 0 radical (unpaired) electrons. The van der Waals surface area contributed by atoms with E-state index in [4.69, 9.17) is 0 Å². The molecule has 21 heavy (non-hydrogen) atoms. The molecule has 1 aliphatic rings. The molecule has 0 atom stereocenters. The van der Waals surface area contributed by atoms with Crippen LogP contribution in [0.15, 0.2) is 30.5 Å². The Kier molecular flexibility index (Phi) is 7.11. The Labute approximate surface area is 137 Å². The molecule has 116 valence electrons. The maximum Gasteiger partial charge on any atom is 0.0786 e. The lowest BCUT2D eigenvalue weighted by atomic mass is 10.2. The summed E-state index contributed by atoms with van der Waals surface area (Å²) in [5, 5.41) is 11.7. The van der Waals surface area contributed by atoms with Crippen molar-refractivity contribution < 1.29 is 0 Å². The van der Waals surface area contributed by atoms with Crippen molar-refractivity contribution in [2.75, 3.05) is 26.2 Å². The van der Waals surface area contributed by atoms with Crippen molar-refractivity contribution in [3.8, 4) is 5.69 Å². The number of nitrogens with one attached hydrogen (secondary N) is 1. The summed E-state index contributed by atoms with van der Waals surface area (Å²) in [6, 6.07) is 8.28. The first-order valence-corrected chi connectivity index (χ1v) is 6.73. The average Bonchev–Trinajstić information content (AvgIpc) is 2.88. The van der Waals surface area contributed by atoms with E-state index in [0.717, 1.165) is 44.1 Å². The molecule has 1 aromatic carbocycles. The van der Waals surface area contributed by atoms with Gasteiger partial charge in [-0.3, -0.25) is 4.90 Å². The second-order valence-electron chi connectivity index (χ2n) is 4.95. The lowest BCUT2D eigenvalue weighted by molar-refractivity contribution is 0.229. The topological polar surface area (TPSA) is 46.0 Å². The third kappa shape index (κ3) is 4.17. The molecule has 0 spiro atoms. The van der Waals surface area contributed by atoms with Crippen LogP contribution in [0.3, 0.4) is 0 Å². The summed E-state index contributed by atoms with van der Waals surface area (Å²) >= 11 is 0. The molecule has 1 aromatic heterocycles. The molecule has 5 nitrogen and oxygen atoms in total. The van der Waals surface area contributed by atoms with Gasteiger partial charge in [-0.15, -0.1) is 29.9 Å². The molecule has 2 heterocycles. The predicted molar refractivity (Wildman–Crippen MR) is 88.7 cm³/mol. The molecule has 0 unspecified atom stereocenters. The number of piperazine rings is 1. The number of aryl methyl sites for hydroxylation is 1. The average molecular weight is 330 g/mol. The normalized spacial score (nSPS) is 15.1. The van der Waals surface area contributed by atoms with Gasteiger partial charge >= 0.3 is 0 Å². The molecule has 7 heteroatoms. The van der Waals surface area contributed by atoms with Gasteiger partial charge in [0.1, 0.15) is 0 Å². The van der Waals surface area contributed by atoms with Crippen molar-refractivity contribution in [1.82, 2.24) is 25.2 Å². The highest BCUT2D eigenvalue weighted by molar-refractivity contribution is 5.85. The first-order chi connectivity index (χ1) is 9.34. The molecule has 0 bridgehead atoms. The molecule has 3 rings (SSSR count). The highest BCUT2D eigenvalue weighted by Crippen LogP contribution is 2.15. The van der Waals surface area contributed by atoms with Crippen LogP contribution in [0.2, 0.25) is 0 Å². The summed E-state index contributed by atoms with van der Waals surface area (Å²) < 4.78 is 1.96. The van der Waals surface area contributed by atoms with E-state index in [2.05, 4.69) is 39.6 Å². The first kappa shape index (κ1) is 17.9. The number of hydrogen-bond acceptors (Lipinski definition) is 4. The van der Waals surface area contributed by atoms with Crippen molar-refractivity contribution in [3.05, 3.63) is 41.7 Å². The lowest BCUT2D eigenvalue weighted by Gasteiger charge is -2.27. The third-order valence-corrected chi connectivity index (χ3v) is 3.56. The number of para-hydroxylation sites is 1. The van der Waals surface area contributed by atoms with Crippen molar-refractivity contribution >= 4 is 24.8 Å². The Morgan fingerprint density at radius 2 is 1.86 bits per heavy atom. The Morgan fingerprint density at radius 3 is 2.57 bits per heavy atom.